The number of allylic oxidation sites excluding steroid dienone is 10. The minimum atomic E-state index is 1.08. The van der Waals surface area contributed by atoms with Crippen LogP contribution in [0, 0.1) is 0 Å². The molecule has 0 heterocycles. The van der Waals surface area contributed by atoms with Gasteiger partial charge in [0, 0.05) is 0 Å². The lowest BCUT2D eigenvalue weighted by Crippen LogP contribution is -1.88. The predicted octanol–water partition coefficient (Wildman–Crippen LogP) is 4.10. The molecule has 2 aliphatic carbocycles. The van der Waals surface area contributed by atoms with E-state index in [1.807, 2.05) is 0 Å². The van der Waals surface area contributed by atoms with Gasteiger partial charge in [0.05, 0.1) is 0 Å². The first-order valence-corrected chi connectivity index (χ1v) is 5.35. The second kappa shape index (κ2) is 4.80. The lowest BCUT2D eigenvalue weighted by molar-refractivity contribution is 0.841. The molecule has 0 unspecified atom stereocenters. The van der Waals surface area contributed by atoms with Crippen LogP contribution in [0.25, 0.3) is 0 Å². The van der Waals surface area contributed by atoms with Crippen LogP contribution in [0.1, 0.15) is 25.7 Å². The van der Waals surface area contributed by atoms with Crippen LogP contribution in [0.2, 0.25) is 0 Å². The molecule has 14 heavy (non-hydrogen) atoms. The van der Waals surface area contributed by atoms with Gasteiger partial charge in [-0.15, -0.1) is 0 Å². The van der Waals surface area contributed by atoms with Crippen molar-refractivity contribution >= 4 is 0 Å². The maximum atomic E-state index is 2.27. The van der Waals surface area contributed by atoms with Crippen LogP contribution in [0.15, 0.2) is 59.8 Å². The van der Waals surface area contributed by atoms with Gasteiger partial charge in [-0.2, -0.15) is 0 Å². The molecule has 0 N–H and O–H groups in total. The number of hydrogen-bond acceptors (Lipinski definition) is 0. The van der Waals surface area contributed by atoms with E-state index in [0.717, 1.165) is 6.42 Å². The van der Waals surface area contributed by atoms with E-state index < -0.39 is 0 Å². The monoisotopic (exact) mass is 184 g/mol. The highest BCUT2D eigenvalue weighted by Gasteiger charge is 2.04. The van der Waals surface area contributed by atoms with Crippen LogP contribution < -0.4 is 0 Å². The van der Waals surface area contributed by atoms with Gasteiger partial charge in [-0.05, 0) is 36.8 Å². The molecule has 0 nitrogen and oxygen atoms in total. The highest BCUT2D eigenvalue weighted by atomic mass is 14.1. The van der Waals surface area contributed by atoms with Crippen LogP contribution in [0.3, 0.4) is 0 Å². The van der Waals surface area contributed by atoms with Crippen molar-refractivity contribution in [2.24, 2.45) is 0 Å². The number of hydrogen-bond donors (Lipinski definition) is 0. The van der Waals surface area contributed by atoms with E-state index in [1.54, 1.807) is 0 Å². The van der Waals surface area contributed by atoms with Gasteiger partial charge in [0.2, 0.25) is 0 Å². The normalized spacial score (nSPS) is 21.1. The summed E-state index contributed by atoms with van der Waals surface area (Å²) in [6, 6.07) is 0. The molecule has 0 heteroatoms. The molecule has 0 aromatic rings. The quantitative estimate of drug-likeness (QED) is 0.575. The molecule has 0 aromatic heterocycles. The maximum Gasteiger partial charge on any atom is -0.00916 e. The van der Waals surface area contributed by atoms with Crippen molar-refractivity contribution in [1.82, 2.24) is 0 Å². The molecule has 0 aromatic carbocycles. The average molecular weight is 184 g/mol. The molecule has 2 rings (SSSR count). The SMILES string of the molecule is C1=CC=C(C2=CC=CCCC2)CC=C1. The zero-order valence-corrected chi connectivity index (χ0v) is 8.45. The predicted molar refractivity (Wildman–Crippen MR) is 62.1 cm³/mol. The summed E-state index contributed by atoms with van der Waals surface area (Å²) in [5.74, 6) is 0. The van der Waals surface area contributed by atoms with Gasteiger partial charge >= 0.3 is 0 Å². The summed E-state index contributed by atoms with van der Waals surface area (Å²) in [5.41, 5.74) is 2.98. The van der Waals surface area contributed by atoms with Crippen molar-refractivity contribution in [3.05, 3.63) is 59.8 Å². The Hall–Kier alpha value is -1.30. The molecule has 0 spiro atoms. The molecule has 0 saturated carbocycles. The van der Waals surface area contributed by atoms with Gasteiger partial charge < -0.3 is 0 Å². The van der Waals surface area contributed by atoms with E-state index in [1.165, 1.54) is 30.4 Å². The average Bonchev–Trinajstić information content (AvgIpc) is 2.62. The molecule has 0 bridgehead atoms. The molecule has 0 fully saturated rings. The minimum absolute atomic E-state index is 1.08. The topological polar surface area (TPSA) is 0 Å². The summed E-state index contributed by atoms with van der Waals surface area (Å²) in [7, 11) is 0. The Labute approximate surface area is 86.0 Å². The lowest BCUT2D eigenvalue weighted by Gasteiger charge is -2.07. The summed E-state index contributed by atoms with van der Waals surface area (Å²) in [4.78, 5) is 0. The fourth-order valence-corrected chi connectivity index (χ4v) is 1.86. The van der Waals surface area contributed by atoms with Crippen molar-refractivity contribution in [1.29, 1.82) is 0 Å². The zero-order chi connectivity index (χ0) is 9.64. The lowest BCUT2D eigenvalue weighted by atomic mass is 9.98. The second-order valence-corrected chi connectivity index (χ2v) is 3.72. The molecule has 72 valence electrons. The van der Waals surface area contributed by atoms with Crippen LogP contribution in [0.4, 0.5) is 0 Å². The molecule has 0 radical (unpaired) electrons. The van der Waals surface area contributed by atoms with E-state index in [4.69, 9.17) is 0 Å². The summed E-state index contributed by atoms with van der Waals surface area (Å²) >= 11 is 0. The van der Waals surface area contributed by atoms with E-state index >= 15 is 0 Å². The van der Waals surface area contributed by atoms with Crippen LogP contribution in [-0.4, -0.2) is 0 Å². The molecular weight excluding hydrogens is 168 g/mol. The first-order valence-electron chi connectivity index (χ1n) is 5.35. The molecule has 0 amide bonds. The molecular formula is C14H16. The van der Waals surface area contributed by atoms with Crippen molar-refractivity contribution < 1.29 is 0 Å². The Morgan fingerprint density at radius 1 is 0.786 bits per heavy atom. The fourth-order valence-electron chi connectivity index (χ4n) is 1.86. The Kier molecular flexibility index (Phi) is 3.18. The maximum absolute atomic E-state index is 2.27. The first kappa shape index (κ1) is 9.26. The van der Waals surface area contributed by atoms with Crippen molar-refractivity contribution in [3.63, 3.8) is 0 Å². The van der Waals surface area contributed by atoms with Gasteiger partial charge in [-0.25, -0.2) is 0 Å². The van der Waals surface area contributed by atoms with Gasteiger partial charge in [-0.1, -0.05) is 48.6 Å². The largest absolute Gasteiger partial charge is 0.0845 e. The van der Waals surface area contributed by atoms with Gasteiger partial charge in [0.1, 0.15) is 0 Å². The highest BCUT2D eigenvalue weighted by molar-refractivity contribution is 5.40. The summed E-state index contributed by atoms with van der Waals surface area (Å²) in [6.07, 6.45) is 22.4. The zero-order valence-electron chi connectivity index (χ0n) is 8.45. The van der Waals surface area contributed by atoms with E-state index in [0.29, 0.717) is 0 Å². The van der Waals surface area contributed by atoms with Crippen LogP contribution in [-0.2, 0) is 0 Å². The standard InChI is InChI=1S/C14H16/c1-2-6-10-13(9-5-1)14-11-7-3-4-8-12-14/h1-3,5-7,9,11H,4,8,10,12H2. The van der Waals surface area contributed by atoms with Gasteiger partial charge in [0.15, 0.2) is 0 Å². The highest BCUT2D eigenvalue weighted by Crippen LogP contribution is 2.24. The second-order valence-electron chi connectivity index (χ2n) is 3.72. The smallest absolute Gasteiger partial charge is 0.00916 e. The number of rotatable bonds is 1. The third-order valence-electron chi connectivity index (χ3n) is 2.66. The van der Waals surface area contributed by atoms with Crippen molar-refractivity contribution in [2.75, 3.05) is 0 Å². The summed E-state index contributed by atoms with van der Waals surface area (Å²) < 4.78 is 0. The Balaban J connectivity index is 2.17. The third-order valence-corrected chi connectivity index (χ3v) is 2.66. The van der Waals surface area contributed by atoms with Gasteiger partial charge in [-0.3, -0.25) is 0 Å². The van der Waals surface area contributed by atoms with Crippen LogP contribution in [0.5, 0.6) is 0 Å². The molecule has 0 saturated heterocycles. The van der Waals surface area contributed by atoms with Crippen LogP contribution >= 0.6 is 0 Å². The Bertz CT molecular complexity index is 335. The first-order chi connectivity index (χ1) is 6.97. The Morgan fingerprint density at radius 2 is 1.71 bits per heavy atom. The molecule has 2 aliphatic rings. The van der Waals surface area contributed by atoms with E-state index in [-0.39, 0.29) is 0 Å². The molecule has 0 atom stereocenters. The molecule has 0 aliphatic heterocycles. The fraction of sp³-hybridized carbons (Fsp3) is 0.286. The Morgan fingerprint density at radius 3 is 2.71 bits per heavy atom. The summed E-state index contributed by atoms with van der Waals surface area (Å²) in [6.45, 7) is 0. The van der Waals surface area contributed by atoms with Gasteiger partial charge in [0.25, 0.3) is 0 Å². The van der Waals surface area contributed by atoms with Crippen molar-refractivity contribution in [2.45, 2.75) is 25.7 Å². The van der Waals surface area contributed by atoms with Crippen molar-refractivity contribution in [3.8, 4) is 0 Å². The van der Waals surface area contributed by atoms with E-state index in [2.05, 4.69) is 48.6 Å². The minimum Gasteiger partial charge on any atom is -0.0845 e. The third kappa shape index (κ3) is 2.35. The summed E-state index contributed by atoms with van der Waals surface area (Å²) in [5, 5.41) is 0. The van der Waals surface area contributed by atoms with E-state index in [9.17, 15) is 0 Å².